The average molecular weight is 355 g/mol. The minimum Gasteiger partial charge on any atom is -0.490 e. The van der Waals surface area contributed by atoms with Crippen LogP contribution in [-0.2, 0) is 22.6 Å². The molecule has 0 unspecified atom stereocenters. The van der Waals surface area contributed by atoms with Gasteiger partial charge in [0.2, 0.25) is 0 Å². The van der Waals surface area contributed by atoms with Gasteiger partial charge in [-0.2, -0.15) is 0 Å². The summed E-state index contributed by atoms with van der Waals surface area (Å²) >= 11 is 0. The molecule has 136 valence electrons. The van der Waals surface area contributed by atoms with Crippen LogP contribution in [0.15, 0.2) is 67.3 Å². The number of carboxylic acids is 1. The second kappa shape index (κ2) is 9.88. The van der Waals surface area contributed by atoms with Gasteiger partial charge in [-0.15, -0.1) is 0 Å². The van der Waals surface area contributed by atoms with Crippen molar-refractivity contribution in [1.82, 2.24) is 5.32 Å². The first-order chi connectivity index (χ1) is 12.6. The molecule has 0 bridgehead atoms. The standard InChI is InChI=1S/C20H21NO5/c1-2-12-25-17-10-8-15(9-11-17)13-18(19(22)23)21-20(24)26-14-16-6-4-3-5-7-16/h2-11,18H,1,12-14H2,(H,21,24)(H,22,23)/t18-/m0/s1. The van der Waals surface area contributed by atoms with Gasteiger partial charge < -0.3 is 19.9 Å². The lowest BCUT2D eigenvalue weighted by atomic mass is 10.1. The number of carboxylic acid groups (broad SMARTS) is 1. The Kier molecular flexibility index (Phi) is 7.24. The lowest BCUT2D eigenvalue weighted by Crippen LogP contribution is -2.42. The summed E-state index contributed by atoms with van der Waals surface area (Å²) in [6.07, 6.45) is 1.00. The van der Waals surface area contributed by atoms with Gasteiger partial charge in [0.05, 0.1) is 0 Å². The number of carbonyl (C=O) groups excluding carboxylic acids is 1. The van der Waals surface area contributed by atoms with Crippen molar-refractivity contribution in [2.24, 2.45) is 0 Å². The molecule has 2 aromatic carbocycles. The predicted molar refractivity (Wildman–Crippen MR) is 97.0 cm³/mol. The van der Waals surface area contributed by atoms with Crippen LogP contribution >= 0.6 is 0 Å². The average Bonchev–Trinajstić information content (AvgIpc) is 2.66. The Morgan fingerprint density at radius 2 is 1.77 bits per heavy atom. The van der Waals surface area contributed by atoms with E-state index in [2.05, 4.69) is 11.9 Å². The fourth-order valence-corrected chi connectivity index (χ4v) is 2.22. The normalized spacial score (nSPS) is 11.2. The molecule has 2 rings (SSSR count). The molecular weight excluding hydrogens is 334 g/mol. The van der Waals surface area contributed by atoms with E-state index in [1.54, 1.807) is 30.3 Å². The zero-order valence-electron chi connectivity index (χ0n) is 14.3. The van der Waals surface area contributed by atoms with Crippen LogP contribution in [0.1, 0.15) is 11.1 Å². The molecule has 0 fully saturated rings. The summed E-state index contributed by atoms with van der Waals surface area (Å²) < 4.78 is 10.4. The van der Waals surface area contributed by atoms with Crippen LogP contribution in [0.25, 0.3) is 0 Å². The first-order valence-corrected chi connectivity index (χ1v) is 8.11. The van der Waals surface area contributed by atoms with Gasteiger partial charge in [0, 0.05) is 6.42 Å². The number of hydrogen-bond acceptors (Lipinski definition) is 4. The van der Waals surface area contributed by atoms with Crippen LogP contribution < -0.4 is 10.1 Å². The molecule has 2 N–H and O–H groups in total. The number of amides is 1. The monoisotopic (exact) mass is 355 g/mol. The fraction of sp³-hybridized carbons (Fsp3) is 0.200. The van der Waals surface area contributed by atoms with Gasteiger partial charge in [-0.05, 0) is 23.3 Å². The van der Waals surface area contributed by atoms with Crippen LogP contribution in [0.3, 0.4) is 0 Å². The van der Waals surface area contributed by atoms with E-state index in [1.165, 1.54) is 0 Å². The first kappa shape index (κ1) is 19.1. The molecule has 6 heteroatoms. The Labute approximate surface area is 152 Å². The third kappa shape index (κ3) is 6.32. The molecular formula is C20H21NO5. The van der Waals surface area contributed by atoms with Crippen LogP contribution in [0.5, 0.6) is 5.75 Å². The summed E-state index contributed by atoms with van der Waals surface area (Å²) in [6.45, 7) is 4.04. The molecule has 6 nitrogen and oxygen atoms in total. The highest BCUT2D eigenvalue weighted by atomic mass is 16.5. The topological polar surface area (TPSA) is 84.9 Å². The van der Waals surface area contributed by atoms with Crippen molar-refractivity contribution in [3.8, 4) is 5.75 Å². The number of rotatable bonds is 9. The highest BCUT2D eigenvalue weighted by molar-refractivity contribution is 5.80. The Morgan fingerprint density at radius 1 is 1.08 bits per heavy atom. The van der Waals surface area contributed by atoms with Crippen molar-refractivity contribution >= 4 is 12.1 Å². The van der Waals surface area contributed by atoms with Gasteiger partial charge in [-0.25, -0.2) is 9.59 Å². The minimum atomic E-state index is -1.13. The minimum absolute atomic E-state index is 0.0777. The molecule has 1 amide bonds. The molecule has 0 saturated heterocycles. The van der Waals surface area contributed by atoms with Gasteiger partial charge in [0.25, 0.3) is 0 Å². The zero-order valence-corrected chi connectivity index (χ0v) is 14.3. The number of aliphatic carboxylic acids is 1. The molecule has 0 aliphatic rings. The highest BCUT2D eigenvalue weighted by Crippen LogP contribution is 2.14. The van der Waals surface area contributed by atoms with Crippen molar-refractivity contribution in [3.63, 3.8) is 0 Å². The molecule has 0 aliphatic carbocycles. The molecule has 0 radical (unpaired) electrons. The number of ether oxygens (including phenoxy) is 2. The van der Waals surface area contributed by atoms with Gasteiger partial charge >= 0.3 is 12.1 Å². The summed E-state index contributed by atoms with van der Waals surface area (Å²) in [5, 5.41) is 11.7. The Balaban J connectivity index is 1.88. The SMILES string of the molecule is C=CCOc1ccc(C[C@H](NC(=O)OCc2ccccc2)C(=O)O)cc1. The van der Waals surface area contributed by atoms with E-state index in [4.69, 9.17) is 9.47 Å². The fourth-order valence-electron chi connectivity index (χ4n) is 2.22. The van der Waals surface area contributed by atoms with Gasteiger partial charge in [-0.1, -0.05) is 55.1 Å². The molecule has 0 spiro atoms. The van der Waals surface area contributed by atoms with E-state index in [9.17, 15) is 14.7 Å². The number of nitrogens with one attached hydrogen (secondary N) is 1. The first-order valence-electron chi connectivity index (χ1n) is 8.11. The zero-order chi connectivity index (χ0) is 18.8. The summed E-state index contributed by atoms with van der Waals surface area (Å²) in [5.74, 6) is -0.468. The van der Waals surface area contributed by atoms with Crippen molar-refractivity contribution < 1.29 is 24.2 Å². The maximum absolute atomic E-state index is 11.9. The van der Waals surface area contributed by atoms with Gasteiger partial charge in [0.15, 0.2) is 0 Å². The van der Waals surface area contributed by atoms with Crippen LogP contribution in [-0.4, -0.2) is 29.8 Å². The largest absolute Gasteiger partial charge is 0.490 e. The lowest BCUT2D eigenvalue weighted by molar-refractivity contribution is -0.139. The van der Waals surface area contributed by atoms with Crippen LogP contribution in [0, 0.1) is 0 Å². The van der Waals surface area contributed by atoms with E-state index in [-0.39, 0.29) is 13.0 Å². The van der Waals surface area contributed by atoms with Crippen molar-refractivity contribution in [2.75, 3.05) is 6.61 Å². The Morgan fingerprint density at radius 3 is 2.38 bits per heavy atom. The second-order valence-electron chi connectivity index (χ2n) is 5.54. The summed E-state index contributed by atoms with van der Waals surface area (Å²) in [5.41, 5.74) is 1.58. The summed E-state index contributed by atoms with van der Waals surface area (Å²) in [6, 6.07) is 15.1. The number of alkyl carbamates (subject to hydrolysis) is 1. The van der Waals surface area contributed by atoms with Crippen LogP contribution in [0.2, 0.25) is 0 Å². The lowest BCUT2D eigenvalue weighted by Gasteiger charge is -2.15. The molecule has 0 aliphatic heterocycles. The van der Waals surface area contributed by atoms with Crippen LogP contribution in [0.4, 0.5) is 4.79 Å². The summed E-state index contributed by atoms with van der Waals surface area (Å²) in [4.78, 5) is 23.3. The van der Waals surface area contributed by atoms with Gasteiger partial charge in [0.1, 0.15) is 25.0 Å². The molecule has 26 heavy (non-hydrogen) atoms. The maximum Gasteiger partial charge on any atom is 0.408 e. The van der Waals surface area contributed by atoms with E-state index in [1.807, 2.05) is 30.3 Å². The van der Waals surface area contributed by atoms with Crippen molar-refractivity contribution in [1.29, 1.82) is 0 Å². The predicted octanol–water partition coefficient (Wildman–Crippen LogP) is 3.17. The number of carbonyl (C=O) groups is 2. The van der Waals surface area contributed by atoms with E-state index < -0.39 is 18.1 Å². The van der Waals surface area contributed by atoms with E-state index in [0.29, 0.717) is 12.4 Å². The van der Waals surface area contributed by atoms with E-state index >= 15 is 0 Å². The van der Waals surface area contributed by atoms with Crippen molar-refractivity contribution in [2.45, 2.75) is 19.1 Å². The molecule has 0 aromatic heterocycles. The van der Waals surface area contributed by atoms with Crippen molar-refractivity contribution in [3.05, 3.63) is 78.4 Å². The van der Waals surface area contributed by atoms with Gasteiger partial charge in [-0.3, -0.25) is 0 Å². The smallest absolute Gasteiger partial charge is 0.408 e. The molecule has 0 heterocycles. The summed E-state index contributed by atoms with van der Waals surface area (Å²) in [7, 11) is 0. The molecule has 2 aromatic rings. The maximum atomic E-state index is 11.9. The third-order valence-corrected chi connectivity index (χ3v) is 3.53. The quantitative estimate of drug-likeness (QED) is 0.675. The molecule has 1 atom stereocenters. The Bertz CT molecular complexity index is 728. The van der Waals surface area contributed by atoms with E-state index in [0.717, 1.165) is 11.1 Å². The second-order valence-corrected chi connectivity index (χ2v) is 5.54. The Hall–Kier alpha value is -3.28. The highest BCUT2D eigenvalue weighted by Gasteiger charge is 2.21. The third-order valence-electron chi connectivity index (χ3n) is 3.53. The molecule has 0 saturated carbocycles. The number of hydrogen-bond donors (Lipinski definition) is 2. The number of benzene rings is 2.